The Bertz CT molecular complexity index is 438. The number of nitro groups is 1. The summed E-state index contributed by atoms with van der Waals surface area (Å²) in [6.45, 7) is 0. The van der Waals surface area contributed by atoms with Gasteiger partial charge in [0, 0.05) is 11.8 Å². The maximum absolute atomic E-state index is 10.9. The van der Waals surface area contributed by atoms with Crippen molar-refractivity contribution in [2.75, 3.05) is 12.9 Å². The summed E-state index contributed by atoms with van der Waals surface area (Å²) >= 11 is 7.00. The highest BCUT2D eigenvalue weighted by Crippen LogP contribution is 2.26. The van der Waals surface area contributed by atoms with Crippen LogP contribution in [0, 0.1) is 10.1 Å². The fourth-order valence-electron chi connectivity index (χ4n) is 1.10. The zero-order valence-electron chi connectivity index (χ0n) is 9.01. The molecule has 0 unspecified atom stereocenters. The molecule has 0 amide bonds. The molecular weight excluding hydrogens is 266 g/mol. The lowest BCUT2D eigenvalue weighted by atomic mass is 10.2. The van der Waals surface area contributed by atoms with Crippen LogP contribution in [0.25, 0.3) is 0 Å². The molecule has 0 spiro atoms. The third-order valence-electron chi connectivity index (χ3n) is 1.92. The third-order valence-corrected chi connectivity index (χ3v) is 3.22. The van der Waals surface area contributed by atoms with Crippen LogP contribution in [0.5, 0.6) is 0 Å². The lowest BCUT2D eigenvalue weighted by Crippen LogP contribution is -2.03. The number of ether oxygens (including phenoxy) is 1. The van der Waals surface area contributed by atoms with E-state index in [1.165, 1.54) is 31.0 Å². The molecule has 1 aromatic rings. The number of benzene rings is 1. The average molecular weight is 276 g/mol. The van der Waals surface area contributed by atoms with Crippen LogP contribution in [0.4, 0.5) is 5.69 Å². The van der Waals surface area contributed by atoms with Crippen molar-refractivity contribution in [3.05, 3.63) is 38.9 Å². The number of thioether (sulfide) groups is 1. The second-order valence-corrected chi connectivity index (χ2v) is 4.50. The van der Waals surface area contributed by atoms with Gasteiger partial charge in [0.25, 0.3) is 5.69 Å². The molecule has 0 N–H and O–H groups in total. The molecule has 92 valence electrons. The van der Waals surface area contributed by atoms with Gasteiger partial charge in [-0.1, -0.05) is 17.7 Å². The number of methoxy groups -OCH3 is 1. The molecule has 7 heteroatoms. The minimum absolute atomic E-state index is 0.108. The Hall–Kier alpha value is -1.27. The number of nitro benzene ring substituents is 1. The van der Waals surface area contributed by atoms with Gasteiger partial charge >= 0.3 is 5.97 Å². The number of carbonyl (C=O) groups excluding carboxylic acids is 1. The van der Waals surface area contributed by atoms with Gasteiger partial charge in [-0.05, 0) is 11.6 Å². The van der Waals surface area contributed by atoms with E-state index < -0.39 is 4.92 Å². The van der Waals surface area contributed by atoms with Crippen LogP contribution in [0.15, 0.2) is 18.2 Å². The Labute approximate surface area is 107 Å². The fraction of sp³-hybridized carbons (Fsp3) is 0.300. The number of nitrogens with zero attached hydrogens (tertiary/aromatic N) is 1. The molecule has 0 fully saturated rings. The van der Waals surface area contributed by atoms with Crippen molar-refractivity contribution in [3.8, 4) is 0 Å². The van der Waals surface area contributed by atoms with Crippen LogP contribution in [-0.2, 0) is 15.3 Å². The van der Waals surface area contributed by atoms with Crippen LogP contribution >= 0.6 is 23.4 Å². The average Bonchev–Trinajstić information content (AvgIpc) is 2.30. The van der Waals surface area contributed by atoms with Gasteiger partial charge < -0.3 is 4.74 Å². The summed E-state index contributed by atoms with van der Waals surface area (Å²) in [6, 6.07) is 4.58. The third kappa shape index (κ3) is 4.24. The largest absolute Gasteiger partial charge is 0.468 e. The number of halogens is 1. The second-order valence-electron chi connectivity index (χ2n) is 3.11. The van der Waals surface area contributed by atoms with Gasteiger partial charge in [0.1, 0.15) is 5.02 Å². The van der Waals surface area contributed by atoms with E-state index in [4.69, 9.17) is 11.6 Å². The van der Waals surface area contributed by atoms with Crippen molar-refractivity contribution in [2.24, 2.45) is 0 Å². The lowest BCUT2D eigenvalue weighted by Gasteiger charge is -2.02. The molecule has 1 aromatic carbocycles. The number of hydrogen-bond acceptors (Lipinski definition) is 5. The molecule has 0 saturated carbocycles. The summed E-state index contributed by atoms with van der Waals surface area (Å²) in [4.78, 5) is 21.0. The highest BCUT2D eigenvalue weighted by Gasteiger charge is 2.12. The Morgan fingerprint density at radius 1 is 1.59 bits per heavy atom. The van der Waals surface area contributed by atoms with E-state index in [0.29, 0.717) is 5.75 Å². The highest BCUT2D eigenvalue weighted by molar-refractivity contribution is 7.99. The van der Waals surface area contributed by atoms with E-state index >= 15 is 0 Å². The SMILES string of the molecule is COC(=O)CSCc1ccc(Cl)c([N+](=O)[O-])c1. The smallest absolute Gasteiger partial charge is 0.315 e. The summed E-state index contributed by atoms with van der Waals surface area (Å²) in [5, 5.41) is 10.8. The lowest BCUT2D eigenvalue weighted by molar-refractivity contribution is -0.384. The van der Waals surface area contributed by atoms with E-state index in [1.807, 2.05) is 0 Å². The maximum atomic E-state index is 10.9. The van der Waals surface area contributed by atoms with E-state index in [9.17, 15) is 14.9 Å². The zero-order chi connectivity index (χ0) is 12.8. The van der Waals surface area contributed by atoms with Gasteiger partial charge in [0.15, 0.2) is 0 Å². The summed E-state index contributed by atoms with van der Waals surface area (Å²) < 4.78 is 4.48. The maximum Gasteiger partial charge on any atom is 0.315 e. The summed E-state index contributed by atoms with van der Waals surface area (Å²) in [5.74, 6) is 0.387. The van der Waals surface area contributed by atoms with Gasteiger partial charge in [0.2, 0.25) is 0 Å². The minimum atomic E-state index is -0.531. The van der Waals surface area contributed by atoms with Gasteiger partial charge in [-0.25, -0.2) is 0 Å². The molecule has 5 nitrogen and oxygen atoms in total. The van der Waals surface area contributed by atoms with E-state index in [1.54, 1.807) is 6.07 Å². The number of carbonyl (C=O) groups is 1. The number of hydrogen-bond donors (Lipinski definition) is 0. The molecular formula is C10H10ClNO4S. The Kier molecular flexibility index (Phi) is 5.24. The minimum Gasteiger partial charge on any atom is -0.468 e. The van der Waals surface area contributed by atoms with Crippen molar-refractivity contribution in [1.29, 1.82) is 0 Å². The standard InChI is InChI=1S/C10H10ClNO4S/c1-16-10(13)6-17-5-7-2-3-8(11)9(4-7)12(14)15/h2-4H,5-6H2,1H3. The Balaban J connectivity index is 2.63. The molecule has 0 bridgehead atoms. The predicted octanol–water partition coefficient (Wildman–Crippen LogP) is 2.65. The molecule has 0 aliphatic carbocycles. The predicted molar refractivity (Wildman–Crippen MR) is 66.3 cm³/mol. The van der Waals surface area contributed by atoms with Crippen LogP contribution in [-0.4, -0.2) is 23.8 Å². The molecule has 0 aliphatic rings. The van der Waals surface area contributed by atoms with Crippen LogP contribution in [0.2, 0.25) is 5.02 Å². The summed E-state index contributed by atoms with van der Waals surface area (Å²) in [5.41, 5.74) is 0.623. The molecule has 1 rings (SSSR count). The molecule has 0 saturated heterocycles. The highest BCUT2D eigenvalue weighted by atomic mass is 35.5. The molecule has 0 radical (unpaired) electrons. The van der Waals surface area contributed by atoms with Crippen LogP contribution in [0.3, 0.4) is 0 Å². The number of rotatable bonds is 5. The quantitative estimate of drug-likeness (QED) is 0.469. The normalized spacial score (nSPS) is 10.0. The molecule has 0 atom stereocenters. The van der Waals surface area contributed by atoms with Crippen LogP contribution in [0.1, 0.15) is 5.56 Å². The van der Waals surface area contributed by atoms with Crippen molar-refractivity contribution >= 4 is 35.0 Å². The summed E-state index contributed by atoms with van der Waals surface area (Å²) in [6.07, 6.45) is 0. The Morgan fingerprint density at radius 2 is 2.29 bits per heavy atom. The second kappa shape index (κ2) is 6.46. The van der Waals surface area contributed by atoms with E-state index in [2.05, 4.69) is 4.74 Å². The zero-order valence-corrected chi connectivity index (χ0v) is 10.6. The first-order chi connectivity index (χ1) is 8.04. The number of esters is 1. The van der Waals surface area contributed by atoms with Crippen LogP contribution < -0.4 is 0 Å². The van der Waals surface area contributed by atoms with Crippen molar-refractivity contribution < 1.29 is 14.5 Å². The monoisotopic (exact) mass is 275 g/mol. The van der Waals surface area contributed by atoms with Gasteiger partial charge in [-0.15, -0.1) is 11.8 Å². The van der Waals surface area contributed by atoms with Gasteiger partial charge in [0.05, 0.1) is 17.8 Å². The summed E-state index contributed by atoms with van der Waals surface area (Å²) in [7, 11) is 1.32. The molecule has 0 aromatic heterocycles. The fourth-order valence-corrected chi connectivity index (χ4v) is 2.09. The van der Waals surface area contributed by atoms with E-state index in [0.717, 1.165) is 5.56 Å². The first kappa shape index (κ1) is 13.8. The first-order valence-corrected chi connectivity index (χ1v) is 6.15. The van der Waals surface area contributed by atoms with Crippen molar-refractivity contribution in [2.45, 2.75) is 5.75 Å². The first-order valence-electron chi connectivity index (χ1n) is 4.62. The topological polar surface area (TPSA) is 69.4 Å². The van der Waals surface area contributed by atoms with Gasteiger partial charge in [-0.3, -0.25) is 14.9 Å². The molecule has 0 heterocycles. The van der Waals surface area contributed by atoms with E-state index in [-0.39, 0.29) is 22.4 Å². The molecule has 0 aliphatic heterocycles. The molecule has 17 heavy (non-hydrogen) atoms. The Morgan fingerprint density at radius 3 is 2.88 bits per heavy atom. The van der Waals surface area contributed by atoms with Crippen molar-refractivity contribution in [3.63, 3.8) is 0 Å². The van der Waals surface area contributed by atoms with Gasteiger partial charge in [-0.2, -0.15) is 0 Å². The van der Waals surface area contributed by atoms with Crippen molar-refractivity contribution in [1.82, 2.24) is 0 Å².